The maximum atomic E-state index is 13.5. The molecule has 0 saturated carbocycles. The molecule has 4 rings (SSSR count). The Hall–Kier alpha value is -3.89. The highest BCUT2D eigenvalue weighted by Gasteiger charge is 2.20. The van der Waals surface area contributed by atoms with Crippen molar-refractivity contribution < 1.29 is 32.9 Å². The summed E-state index contributed by atoms with van der Waals surface area (Å²) in [7, 11) is 0. The van der Waals surface area contributed by atoms with Gasteiger partial charge in [0.1, 0.15) is 35.6 Å². The zero-order valence-electron chi connectivity index (χ0n) is 17.6. The van der Waals surface area contributed by atoms with Gasteiger partial charge in [-0.15, -0.1) is 0 Å². The van der Waals surface area contributed by atoms with Crippen molar-refractivity contribution in [1.82, 2.24) is 9.97 Å². The number of hydrogen-bond acceptors (Lipinski definition) is 5. The van der Waals surface area contributed by atoms with Gasteiger partial charge in [0.2, 0.25) is 0 Å². The molecule has 1 unspecified atom stereocenters. The number of alkyl halides is 2. The molecular formula is C24H20F3N3O4. The fourth-order valence-corrected chi connectivity index (χ4v) is 3.38. The quantitative estimate of drug-likeness (QED) is 0.307. The lowest BCUT2D eigenvalue weighted by Crippen LogP contribution is -2.21. The monoisotopic (exact) mass is 471 g/mol. The fourth-order valence-electron chi connectivity index (χ4n) is 3.38. The van der Waals surface area contributed by atoms with Crippen LogP contribution in [0.5, 0.6) is 5.75 Å². The molecule has 0 fully saturated rings. The molecule has 4 N–H and O–H groups in total. The van der Waals surface area contributed by atoms with Gasteiger partial charge in [-0.1, -0.05) is 12.1 Å². The second-order valence-electron chi connectivity index (χ2n) is 7.45. The minimum atomic E-state index is -2.91. The van der Waals surface area contributed by atoms with E-state index < -0.39 is 36.4 Å². The predicted molar refractivity (Wildman–Crippen MR) is 119 cm³/mol. The predicted octanol–water partition coefficient (Wildman–Crippen LogP) is 4.29. The molecule has 0 spiro atoms. The van der Waals surface area contributed by atoms with E-state index in [-0.39, 0.29) is 29.1 Å². The molecule has 34 heavy (non-hydrogen) atoms. The highest BCUT2D eigenvalue weighted by Crippen LogP contribution is 2.32. The van der Waals surface area contributed by atoms with Crippen LogP contribution in [-0.4, -0.2) is 45.4 Å². The van der Waals surface area contributed by atoms with E-state index in [4.69, 9.17) is 9.84 Å². The van der Waals surface area contributed by atoms with Gasteiger partial charge in [-0.25, -0.2) is 18.2 Å². The van der Waals surface area contributed by atoms with Crippen molar-refractivity contribution in [3.63, 3.8) is 0 Å². The third kappa shape index (κ3) is 5.03. The van der Waals surface area contributed by atoms with Crippen LogP contribution in [0.15, 0.2) is 60.7 Å². The number of amides is 1. The third-order valence-electron chi connectivity index (χ3n) is 5.01. The summed E-state index contributed by atoms with van der Waals surface area (Å²) in [6.45, 7) is -0.559. The van der Waals surface area contributed by atoms with Crippen molar-refractivity contribution in [3.05, 3.63) is 77.6 Å². The number of halogens is 3. The average Bonchev–Trinajstić information content (AvgIpc) is 3.26. The van der Waals surface area contributed by atoms with Crippen LogP contribution < -0.4 is 10.1 Å². The molecule has 1 aromatic heterocycles. The van der Waals surface area contributed by atoms with Crippen LogP contribution in [0.1, 0.15) is 22.3 Å². The number of nitrogens with one attached hydrogen (secondary N) is 2. The van der Waals surface area contributed by atoms with Crippen LogP contribution in [0.4, 0.5) is 18.9 Å². The van der Waals surface area contributed by atoms with Gasteiger partial charge >= 0.3 is 0 Å². The molecule has 0 aliphatic carbocycles. The van der Waals surface area contributed by atoms with Crippen molar-refractivity contribution in [3.8, 4) is 17.1 Å². The first-order valence-electron chi connectivity index (χ1n) is 10.3. The Morgan fingerprint density at radius 2 is 1.91 bits per heavy atom. The van der Waals surface area contributed by atoms with Crippen molar-refractivity contribution >= 4 is 22.6 Å². The van der Waals surface area contributed by atoms with Gasteiger partial charge in [0, 0.05) is 22.9 Å². The van der Waals surface area contributed by atoms with Gasteiger partial charge in [-0.05, 0) is 42.5 Å². The van der Waals surface area contributed by atoms with E-state index in [1.54, 1.807) is 42.5 Å². The van der Waals surface area contributed by atoms with Crippen molar-refractivity contribution in [2.24, 2.45) is 0 Å². The van der Waals surface area contributed by atoms with Crippen LogP contribution in [0, 0.1) is 5.82 Å². The third-order valence-corrected chi connectivity index (χ3v) is 5.01. The molecule has 0 aliphatic rings. The summed E-state index contributed by atoms with van der Waals surface area (Å²) in [5, 5.41) is 21.0. The molecule has 7 nitrogen and oxygen atoms in total. The van der Waals surface area contributed by atoms with Crippen LogP contribution in [0.2, 0.25) is 0 Å². The fraction of sp³-hybridized carbons (Fsp3) is 0.167. The Morgan fingerprint density at radius 3 is 2.68 bits per heavy atom. The summed E-state index contributed by atoms with van der Waals surface area (Å²) in [6, 6.07) is 14.3. The van der Waals surface area contributed by atoms with Crippen LogP contribution in [0.25, 0.3) is 22.4 Å². The summed E-state index contributed by atoms with van der Waals surface area (Å²) in [6.07, 6.45) is -3.94. The summed E-state index contributed by atoms with van der Waals surface area (Å²) < 4.78 is 45.8. The standard InChI is InChI=1S/C24H20F3N3O4/c25-13-7-8-17(19(9-13)22(26)27)23-29-20-6-2-5-18(21(20)30-23)24(33)28-14-3-1-4-16(10-14)34-12-15(32)11-31/h1-10,15,22,31-32H,11-12H2,(H,28,33)(H,29,30). The van der Waals surface area contributed by atoms with Gasteiger partial charge in [0.15, 0.2) is 0 Å². The van der Waals surface area contributed by atoms with Crippen molar-refractivity contribution in [1.29, 1.82) is 0 Å². The molecule has 0 saturated heterocycles. The van der Waals surface area contributed by atoms with E-state index in [0.717, 1.165) is 12.1 Å². The second-order valence-corrected chi connectivity index (χ2v) is 7.45. The molecule has 3 aromatic carbocycles. The van der Waals surface area contributed by atoms with Crippen molar-refractivity contribution in [2.75, 3.05) is 18.5 Å². The number of hydrogen-bond donors (Lipinski definition) is 4. The van der Waals surface area contributed by atoms with Crippen LogP contribution in [0.3, 0.4) is 0 Å². The zero-order chi connectivity index (χ0) is 24.2. The first kappa shape index (κ1) is 23.3. The lowest BCUT2D eigenvalue weighted by atomic mass is 10.1. The number of anilines is 1. The average molecular weight is 471 g/mol. The number of aromatic nitrogens is 2. The van der Waals surface area contributed by atoms with Crippen molar-refractivity contribution in [2.45, 2.75) is 12.5 Å². The first-order chi connectivity index (χ1) is 16.4. The smallest absolute Gasteiger partial charge is 0.264 e. The Labute approximate surface area is 191 Å². The molecule has 1 amide bonds. The largest absolute Gasteiger partial charge is 0.491 e. The highest BCUT2D eigenvalue weighted by atomic mass is 19.3. The Kier molecular flexibility index (Phi) is 6.80. The molecule has 0 radical (unpaired) electrons. The number of aliphatic hydroxyl groups excluding tert-OH is 2. The Bertz CT molecular complexity index is 1330. The first-order valence-corrected chi connectivity index (χ1v) is 10.3. The summed E-state index contributed by atoms with van der Waals surface area (Å²) >= 11 is 0. The Balaban J connectivity index is 1.61. The molecule has 4 aromatic rings. The molecule has 10 heteroatoms. The van der Waals surface area contributed by atoms with Gasteiger partial charge in [0.05, 0.1) is 17.7 Å². The SMILES string of the molecule is O=C(Nc1cccc(OCC(O)CO)c1)c1cccc2[nH]c(-c3ccc(F)cc3C(F)F)nc12. The molecule has 1 atom stereocenters. The summed E-state index contributed by atoms with van der Waals surface area (Å²) in [5.41, 5.74) is 0.845. The summed E-state index contributed by atoms with van der Waals surface area (Å²) in [5.74, 6) is -0.818. The van der Waals surface area contributed by atoms with Gasteiger partial charge in [-0.2, -0.15) is 0 Å². The molecule has 176 valence electrons. The van der Waals surface area contributed by atoms with Gasteiger partial charge < -0.3 is 25.3 Å². The molecular weight excluding hydrogens is 451 g/mol. The maximum absolute atomic E-state index is 13.5. The number of para-hydroxylation sites is 1. The minimum Gasteiger partial charge on any atom is -0.491 e. The van der Waals surface area contributed by atoms with Crippen LogP contribution >= 0.6 is 0 Å². The lowest BCUT2D eigenvalue weighted by molar-refractivity contribution is 0.0536. The minimum absolute atomic E-state index is 0.0360. The second kappa shape index (κ2) is 9.94. The number of imidazole rings is 1. The zero-order valence-corrected chi connectivity index (χ0v) is 17.6. The van der Waals surface area contributed by atoms with Gasteiger partial charge in [0.25, 0.3) is 12.3 Å². The van der Waals surface area contributed by atoms with Gasteiger partial charge in [-0.3, -0.25) is 4.79 Å². The number of fused-ring (bicyclic) bond motifs is 1. The Morgan fingerprint density at radius 1 is 1.12 bits per heavy atom. The number of ether oxygens (including phenoxy) is 1. The number of H-pyrrole nitrogens is 1. The topological polar surface area (TPSA) is 107 Å². The van der Waals surface area contributed by atoms with E-state index >= 15 is 0 Å². The van der Waals surface area contributed by atoms with E-state index in [2.05, 4.69) is 15.3 Å². The number of carbonyl (C=O) groups excluding carboxylic acids is 1. The molecule has 1 heterocycles. The number of benzene rings is 3. The van der Waals surface area contributed by atoms with E-state index in [1.165, 1.54) is 6.07 Å². The normalized spacial score (nSPS) is 12.2. The number of rotatable bonds is 8. The van der Waals surface area contributed by atoms with E-state index in [9.17, 15) is 23.1 Å². The lowest BCUT2D eigenvalue weighted by Gasteiger charge is -2.11. The number of aromatic amines is 1. The van der Waals surface area contributed by atoms with E-state index in [0.29, 0.717) is 17.0 Å². The highest BCUT2D eigenvalue weighted by molar-refractivity contribution is 6.11. The molecule has 0 aliphatic heterocycles. The number of nitrogens with zero attached hydrogens (tertiary/aromatic N) is 1. The summed E-state index contributed by atoms with van der Waals surface area (Å²) in [4.78, 5) is 20.2. The molecule has 0 bridgehead atoms. The van der Waals surface area contributed by atoms with E-state index in [1.807, 2.05) is 0 Å². The van der Waals surface area contributed by atoms with Crippen LogP contribution in [-0.2, 0) is 0 Å². The number of carbonyl (C=O) groups is 1. The maximum Gasteiger partial charge on any atom is 0.264 e. The number of aliphatic hydroxyl groups is 2.